The number of amides is 1. The second kappa shape index (κ2) is 5.76. The van der Waals surface area contributed by atoms with Gasteiger partial charge in [-0.15, -0.1) is 5.10 Å². The predicted molar refractivity (Wildman–Crippen MR) is 79.1 cm³/mol. The normalized spacial score (nSPS) is 10.3. The van der Waals surface area contributed by atoms with Gasteiger partial charge in [-0.3, -0.25) is 10.1 Å². The molecule has 0 saturated heterocycles. The van der Waals surface area contributed by atoms with Gasteiger partial charge in [0.25, 0.3) is 5.91 Å². The largest absolute Gasteiger partial charge is 0.403 e. The van der Waals surface area contributed by atoms with Crippen LogP contribution in [0.4, 0.5) is 6.01 Å². The van der Waals surface area contributed by atoms with Crippen molar-refractivity contribution in [1.29, 1.82) is 0 Å². The fourth-order valence-corrected chi connectivity index (χ4v) is 1.96. The number of benzene rings is 2. The summed E-state index contributed by atoms with van der Waals surface area (Å²) in [5, 5.41) is 10.7. The van der Waals surface area contributed by atoms with Gasteiger partial charge >= 0.3 is 6.01 Å². The molecule has 0 bridgehead atoms. The topological polar surface area (TPSA) is 68.0 Å². The minimum atomic E-state index is -0.360. The Kier molecular flexibility index (Phi) is 3.66. The lowest BCUT2D eigenvalue weighted by Crippen LogP contribution is -2.11. The van der Waals surface area contributed by atoms with Crippen molar-refractivity contribution in [1.82, 2.24) is 10.2 Å². The van der Waals surface area contributed by atoms with E-state index in [1.165, 1.54) is 0 Å². The highest BCUT2D eigenvalue weighted by molar-refractivity contribution is 6.31. The van der Waals surface area contributed by atoms with Crippen molar-refractivity contribution < 1.29 is 9.21 Å². The van der Waals surface area contributed by atoms with E-state index in [4.69, 9.17) is 16.0 Å². The molecular weight excluding hydrogens is 290 g/mol. The van der Waals surface area contributed by atoms with Gasteiger partial charge in [0.15, 0.2) is 0 Å². The highest BCUT2D eigenvalue weighted by atomic mass is 35.5. The van der Waals surface area contributed by atoms with Crippen LogP contribution in [0.15, 0.2) is 59.0 Å². The smallest absolute Gasteiger partial charge is 0.322 e. The Balaban J connectivity index is 1.77. The van der Waals surface area contributed by atoms with Crippen molar-refractivity contribution in [2.45, 2.75) is 0 Å². The molecule has 0 unspecified atom stereocenters. The third-order valence-corrected chi connectivity index (χ3v) is 2.99. The van der Waals surface area contributed by atoms with E-state index in [0.717, 1.165) is 5.56 Å². The summed E-state index contributed by atoms with van der Waals surface area (Å²) in [4.78, 5) is 12.0. The molecule has 3 rings (SSSR count). The second-order valence-corrected chi connectivity index (χ2v) is 4.68. The third kappa shape index (κ3) is 3.09. The summed E-state index contributed by atoms with van der Waals surface area (Å²) in [7, 11) is 0. The van der Waals surface area contributed by atoms with Crippen LogP contribution >= 0.6 is 11.6 Å². The van der Waals surface area contributed by atoms with Gasteiger partial charge in [0.05, 0.1) is 0 Å². The number of hydrogen-bond acceptors (Lipinski definition) is 4. The Labute approximate surface area is 125 Å². The van der Waals surface area contributed by atoms with Crippen molar-refractivity contribution in [3.05, 3.63) is 65.2 Å². The van der Waals surface area contributed by atoms with Gasteiger partial charge in [-0.25, -0.2) is 0 Å². The molecule has 1 aromatic heterocycles. The number of nitrogens with one attached hydrogen (secondary N) is 1. The number of carbonyl (C=O) groups excluding carboxylic acids is 1. The number of hydrogen-bond donors (Lipinski definition) is 1. The van der Waals surface area contributed by atoms with Gasteiger partial charge in [-0.1, -0.05) is 41.0 Å². The van der Waals surface area contributed by atoms with Crippen LogP contribution in [0.25, 0.3) is 11.5 Å². The molecular formula is C15H10ClN3O2. The summed E-state index contributed by atoms with van der Waals surface area (Å²) in [5.41, 5.74) is 1.20. The van der Waals surface area contributed by atoms with Gasteiger partial charge in [0, 0.05) is 16.1 Å². The van der Waals surface area contributed by atoms with Crippen molar-refractivity contribution in [3.8, 4) is 11.5 Å². The van der Waals surface area contributed by atoms with Crippen LogP contribution in [0, 0.1) is 0 Å². The highest BCUT2D eigenvalue weighted by Gasteiger charge is 2.12. The quantitative estimate of drug-likeness (QED) is 0.801. The van der Waals surface area contributed by atoms with E-state index >= 15 is 0 Å². The molecule has 0 saturated carbocycles. The van der Waals surface area contributed by atoms with Crippen molar-refractivity contribution >= 4 is 23.5 Å². The van der Waals surface area contributed by atoms with E-state index in [1.54, 1.807) is 24.3 Å². The maximum absolute atomic E-state index is 12.0. The molecule has 2 aromatic carbocycles. The Bertz CT molecular complexity index is 771. The van der Waals surface area contributed by atoms with Gasteiger partial charge in [-0.2, -0.15) is 0 Å². The fraction of sp³-hybridized carbons (Fsp3) is 0. The maximum atomic E-state index is 12.0. The molecule has 1 heterocycles. The monoisotopic (exact) mass is 299 g/mol. The molecule has 1 amide bonds. The lowest BCUT2D eigenvalue weighted by molar-refractivity contribution is 0.102. The molecule has 104 valence electrons. The summed E-state index contributed by atoms with van der Waals surface area (Å²) in [6, 6.07) is 15.9. The fourth-order valence-electron chi connectivity index (χ4n) is 1.77. The summed E-state index contributed by atoms with van der Waals surface area (Å²) < 4.78 is 5.40. The zero-order chi connectivity index (χ0) is 14.7. The zero-order valence-corrected chi connectivity index (χ0v) is 11.5. The zero-order valence-electron chi connectivity index (χ0n) is 10.8. The van der Waals surface area contributed by atoms with Crippen molar-refractivity contribution in [2.75, 3.05) is 5.32 Å². The number of nitrogens with zero attached hydrogens (tertiary/aromatic N) is 2. The number of halogens is 1. The minimum absolute atomic E-state index is 0.0406. The summed E-state index contributed by atoms with van der Waals surface area (Å²) in [6.07, 6.45) is 0. The van der Waals surface area contributed by atoms with Crippen LogP contribution in [0.3, 0.4) is 0 Å². The molecule has 0 aliphatic heterocycles. The Morgan fingerprint density at radius 1 is 1.05 bits per heavy atom. The molecule has 3 aromatic rings. The lowest BCUT2D eigenvalue weighted by Gasteiger charge is -2.00. The van der Waals surface area contributed by atoms with Crippen LogP contribution in [0.1, 0.15) is 10.4 Å². The van der Waals surface area contributed by atoms with E-state index in [1.807, 2.05) is 30.3 Å². The maximum Gasteiger partial charge on any atom is 0.322 e. The van der Waals surface area contributed by atoms with Crippen LogP contribution in [0.2, 0.25) is 5.02 Å². The summed E-state index contributed by atoms with van der Waals surface area (Å²) in [6.45, 7) is 0. The van der Waals surface area contributed by atoms with Crippen LogP contribution in [0.5, 0.6) is 0 Å². The second-order valence-electron chi connectivity index (χ2n) is 4.24. The number of anilines is 1. The van der Waals surface area contributed by atoms with Gasteiger partial charge in [0.1, 0.15) is 0 Å². The first-order valence-corrected chi connectivity index (χ1v) is 6.56. The number of carbonyl (C=O) groups is 1. The van der Waals surface area contributed by atoms with E-state index in [0.29, 0.717) is 16.5 Å². The standard InChI is InChI=1S/C15H10ClN3O2/c16-12-8-4-7-11(9-12)13(20)17-15-19-18-14(21-15)10-5-2-1-3-6-10/h1-9H,(H,17,19,20). The lowest BCUT2D eigenvalue weighted by atomic mass is 10.2. The number of rotatable bonds is 3. The highest BCUT2D eigenvalue weighted by Crippen LogP contribution is 2.19. The predicted octanol–water partition coefficient (Wildman–Crippen LogP) is 3.64. The SMILES string of the molecule is O=C(Nc1nnc(-c2ccccc2)o1)c1cccc(Cl)c1. The summed E-state index contributed by atoms with van der Waals surface area (Å²) in [5.74, 6) is -0.0160. The molecule has 0 atom stereocenters. The summed E-state index contributed by atoms with van der Waals surface area (Å²) >= 11 is 5.84. The van der Waals surface area contributed by atoms with Crippen LogP contribution in [-0.2, 0) is 0 Å². The van der Waals surface area contributed by atoms with Crippen molar-refractivity contribution in [2.24, 2.45) is 0 Å². The van der Waals surface area contributed by atoms with Gasteiger partial charge in [0.2, 0.25) is 5.89 Å². The Morgan fingerprint density at radius 3 is 2.62 bits per heavy atom. The third-order valence-electron chi connectivity index (χ3n) is 2.75. The molecule has 0 radical (unpaired) electrons. The molecule has 0 spiro atoms. The molecule has 6 heteroatoms. The molecule has 21 heavy (non-hydrogen) atoms. The van der Waals surface area contributed by atoms with Crippen molar-refractivity contribution in [3.63, 3.8) is 0 Å². The van der Waals surface area contributed by atoms with E-state index in [9.17, 15) is 4.79 Å². The van der Waals surface area contributed by atoms with Gasteiger partial charge < -0.3 is 4.42 Å². The van der Waals surface area contributed by atoms with Crippen LogP contribution in [-0.4, -0.2) is 16.1 Å². The average Bonchev–Trinajstić information content (AvgIpc) is 2.97. The molecule has 0 aliphatic rings. The van der Waals surface area contributed by atoms with E-state index in [-0.39, 0.29) is 11.9 Å². The first-order chi connectivity index (χ1) is 10.2. The number of aromatic nitrogens is 2. The molecule has 0 aliphatic carbocycles. The Morgan fingerprint density at radius 2 is 1.86 bits per heavy atom. The first kappa shape index (κ1) is 13.3. The molecule has 5 nitrogen and oxygen atoms in total. The Hall–Kier alpha value is -2.66. The average molecular weight is 300 g/mol. The van der Waals surface area contributed by atoms with Gasteiger partial charge in [-0.05, 0) is 30.3 Å². The van der Waals surface area contributed by atoms with Crippen LogP contribution < -0.4 is 5.32 Å². The van der Waals surface area contributed by atoms with E-state index in [2.05, 4.69) is 15.5 Å². The first-order valence-electron chi connectivity index (χ1n) is 6.18. The minimum Gasteiger partial charge on any atom is -0.403 e. The molecule has 0 fully saturated rings. The van der Waals surface area contributed by atoms with E-state index < -0.39 is 0 Å². The molecule has 1 N–H and O–H groups in total.